The van der Waals surface area contributed by atoms with Crippen LogP contribution in [0.5, 0.6) is 0 Å². The second-order valence-corrected chi connectivity index (χ2v) is 11.8. The van der Waals surface area contributed by atoms with E-state index in [1.807, 2.05) is 0 Å². The van der Waals surface area contributed by atoms with Crippen molar-refractivity contribution in [1.29, 1.82) is 0 Å². The Kier molecular flexibility index (Phi) is 9.44. The van der Waals surface area contributed by atoms with Crippen LogP contribution in [-0.2, 0) is 21.4 Å². The van der Waals surface area contributed by atoms with Crippen LogP contribution in [0.4, 0.5) is 0 Å². The Morgan fingerprint density at radius 3 is 2.22 bits per heavy atom. The van der Waals surface area contributed by atoms with Crippen molar-refractivity contribution in [3.05, 3.63) is 62.5 Å². The van der Waals surface area contributed by atoms with Gasteiger partial charge in [0.05, 0.1) is 21.5 Å². The van der Waals surface area contributed by atoms with Gasteiger partial charge in [-0.25, -0.2) is 8.42 Å². The third-order valence-corrected chi connectivity index (χ3v) is 8.66. The minimum absolute atomic E-state index is 0.00731. The SMILES string of the molecule is O=C(CN(Cc1ccc(Cl)c(Cl)c1)S(=O)(=O)c1ccc(Br)cc1)NC1CCCCCCC1. The normalized spacial score (nSPS) is 15.9. The smallest absolute Gasteiger partial charge is 0.243 e. The highest BCUT2D eigenvalue weighted by molar-refractivity contribution is 9.10. The molecule has 0 spiro atoms. The number of hydrogen-bond donors (Lipinski definition) is 1. The van der Waals surface area contributed by atoms with Gasteiger partial charge in [-0.2, -0.15) is 4.31 Å². The van der Waals surface area contributed by atoms with E-state index in [1.165, 1.54) is 35.7 Å². The maximum Gasteiger partial charge on any atom is 0.243 e. The first kappa shape index (κ1) is 25.5. The molecular weight excluding hydrogens is 535 g/mol. The van der Waals surface area contributed by atoms with Gasteiger partial charge in [0, 0.05) is 17.1 Å². The summed E-state index contributed by atoms with van der Waals surface area (Å²) in [6, 6.07) is 11.4. The van der Waals surface area contributed by atoms with Gasteiger partial charge < -0.3 is 5.32 Å². The first-order valence-corrected chi connectivity index (χ1v) is 13.7. The van der Waals surface area contributed by atoms with Crippen LogP contribution in [0.2, 0.25) is 10.0 Å². The average Bonchev–Trinajstić information content (AvgIpc) is 2.72. The molecular formula is C23H27BrCl2N2O3S. The second-order valence-electron chi connectivity index (χ2n) is 8.09. The molecule has 3 rings (SSSR count). The predicted molar refractivity (Wildman–Crippen MR) is 132 cm³/mol. The van der Waals surface area contributed by atoms with Gasteiger partial charge >= 0.3 is 0 Å². The fourth-order valence-electron chi connectivity index (χ4n) is 3.86. The van der Waals surface area contributed by atoms with E-state index in [0.29, 0.717) is 15.6 Å². The maximum atomic E-state index is 13.4. The van der Waals surface area contributed by atoms with Crippen LogP contribution in [-0.4, -0.2) is 31.2 Å². The molecule has 174 valence electrons. The molecule has 1 fully saturated rings. The van der Waals surface area contributed by atoms with Crippen LogP contribution < -0.4 is 5.32 Å². The van der Waals surface area contributed by atoms with Crippen molar-refractivity contribution in [2.75, 3.05) is 6.54 Å². The zero-order valence-corrected chi connectivity index (χ0v) is 21.6. The summed E-state index contributed by atoms with van der Waals surface area (Å²) < 4.78 is 28.8. The summed E-state index contributed by atoms with van der Waals surface area (Å²) in [5, 5.41) is 3.78. The van der Waals surface area contributed by atoms with E-state index >= 15 is 0 Å². The lowest BCUT2D eigenvalue weighted by Crippen LogP contribution is -2.44. The molecule has 0 bridgehead atoms. The van der Waals surface area contributed by atoms with Crippen LogP contribution >= 0.6 is 39.1 Å². The zero-order valence-electron chi connectivity index (χ0n) is 17.7. The van der Waals surface area contributed by atoms with E-state index in [-0.39, 0.29) is 29.9 Å². The molecule has 0 saturated heterocycles. The molecule has 2 aromatic rings. The number of amides is 1. The monoisotopic (exact) mass is 560 g/mol. The minimum atomic E-state index is -3.91. The van der Waals surface area contributed by atoms with Gasteiger partial charge in [-0.1, -0.05) is 77.3 Å². The Balaban J connectivity index is 1.81. The largest absolute Gasteiger partial charge is 0.352 e. The Labute approximate surface area is 208 Å². The average molecular weight is 562 g/mol. The highest BCUT2D eigenvalue weighted by Crippen LogP contribution is 2.26. The molecule has 1 amide bonds. The third-order valence-electron chi connectivity index (χ3n) is 5.58. The summed E-state index contributed by atoms with van der Waals surface area (Å²) in [4.78, 5) is 13.0. The van der Waals surface area contributed by atoms with Gasteiger partial charge in [-0.05, 0) is 54.8 Å². The number of nitrogens with one attached hydrogen (secondary N) is 1. The predicted octanol–water partition coefficient (Wildman–Crippen LogP) is 6.18. The quantitative estimate of drug-likeness (QED) is 0.439. The van der Waals surface area contributed by atoms with Crippen LogP contribution in [0, 0.1) is 0 Å². The van der Waals surface area contributed by atoms with Gasteiger partial charge in [0.1, 0.15) is 0 Å². The van der Waals surface area contributed by atoms with Gasteiger partial charge in [0.25, 0.3) is 0 Å². The molecule has 5 nitrogen and oxygen atoms in total. The van der Waals surface area contributed by atoms with Gasteiger partial charge in [0.15, 0.2) is 0 Å². The number of carbonyl (C=O) groups excluding carboxylic acids is 1. The Morgan fingerprint density at radius 1 is 0.969 bits per heavy atom. The summed E-state index contributed by atoms with van der Waals surface area (Å²) in [6.45, 7) is -0.261. The molecule has 2 aromatic carbocycles. The van der Waals surface area contributed by atoms with E-state index < -0.39 is 10.0 Å². The molecule has 0 radical (unpaired) electrons. The number of benzene rings is 2. The molecule has 1 aliphatic rings. The van der Waals surface area contributed by atoms with Crippen molar-refractivity contribution < 1.29 is 13.2 Å². The Bertz CT molecular complexity index is 1020. The molecule has 9 heteroatoms. The number of carbonyl (C=O) groups is 1. The molecule has 0 aliphatic heterocycles. The fourth-order valence-corrected chi connectivity index (χ4v) is 5.83. The van der Waals surface area contributed by atoms with Gasteiger partial charge in [0.2, 0.25) is 15.9 Å². The lowest BCUT2D eigenvalue weighted by Gasteiger charge is -2.25. The van der Waals surface area contributed by atoms with Crippen molar-refractivity contribution in [1.82, 2.24) is 9.62 Å². The first-order chi connectivity index (χ1) is 15.3. The van der Waals surface area contributed by atoms with E-state index in [2.05, 4.69) is 21.2 Å². The number of rotatable bonds is 7. The fraction of sp³-hybridized carbons (Fsp3) is 0.435. The van der Waals surface area contributed by atoms with Crippen LogP contribution in [0.25, 0.3) is 0 Å². The molecule has 1 saturated carbocycles. The van der Waals surface area contributed by atoms with Gasteiger partial charge in [-0.3, -0.25) is 4.79 Å². The van der Waals surface area contributed by atoms with E-state index in [9.17, 15) is 13.2 Å². The lowest BCUT2D eigenvalue weighted by atomic mass is 9.97. The number of nitrogens with zero attached hydrogens (tertiary/aromatic N) is 1. The highest BCUT2D eigenvalue weighted by Gasteiger charge is 2.28. The second kappa shape index (κ2) is 11.8. The lowest BCUT2D eigenvalue weighted by molar-refractivity contribution is -0.122. The molecule has 1 aliphatic carbocycles. The van der Waals surface area contributed by atoms with Crippen molar-refractivity contribution in [2.45, 2.75) is 62.4 Å². The van der Waals surface area contributed by atoms with Gasteiger partial charge in [-0.15, -0.1) is 0 Å². The van der Waals surface area contributed by atoms with Crippen molar-refractivity contribution in [3.63, 3.8) is 0 Å². The first-order valence-electron chi connectivity index (χ1n) is 10.7. The zero-order chi connectivity index (χ0) is 23.1. The maximum absolute atomic E-state index is 13.4. The number of hydrogen-bond acceptors (Lipinski definition) is 3. The summed E-state index contributed by atoms with van der Waals surface area (Å²) >= 11 is 15.5. The summed E-state index contributed by atoms with van der Waals surface area (Å²) in [5.74, 6) is -0.295. The minimum Gasteiger partial charge on any atom is -0.352 e. The molecule has 0 atom stereocenters. The summed E-state index contributed by atoms with van der Waals surface area (Å²) in [6.07, 6.45) is 7.60. The van der Waals surface area contributed by atoms with Crippen LogP contribution in [0.3, 0.4) is 0 Å². The molecule has 1 N–H and O–H groups in total. The standard InChI is InChI=1S/C23H27BrCl2N2O3S/c24-18-9-11-20(12-10-18)32(30,31)28(15-17-8-13-21(25)22(26)14-17)16-23(29)27-19-6-4-2-1-3-5-7-19/h8-14,19H,1-7,15-16H2,(H,27,29). The highest BCUT2D eigenvalue weighted by atomic mass is 79.9. The van der Waals surface area contributed by atoms with E-state index in [0.717, 1.165) is 30.2 Å². The van der Waals surface area contributed by atoms with Crippen LogP contribution in [0.15, 0.2) is 51.8 Å². The molecule has 0 heterocycles. The third kappa shape index (κ3) is 7.19. The summed E-state index contributed by atoms with van der Waals surface area (Å²) in [7, 11) is -3.91. The number of halogens is 3. The van der Waals surface area contributed by atoms with Crippen LogP contribution in [0.1, 0.15) is 50.5 Å². The number of sulfonamides is 1. The molecule has 32 heavy (non-hydrogen) atoms. The van der Waals surface area contributed by atoms with E-state index in [4.69, 9.17) is 23.2 Å². The molecule has 0 unspecified atom stereocenters. The Hall–Kier alpha value is -1.12. The molecule has 0 aromatic heterocycles. The Morgan fingerprint density at radius 2 is 1.59 bits per heavy atom. The van der Waals surface area contributed by atoms with E-state index in [1.54, 1.807) is 30.3 Å². The summed E-state index contributed by atoms with van der Waals surface area (Å²) in [5.41, 5.74) is 0.652. The van der Waals surface area contributed by atoms with Crippen molar-refractivity contribution in [2.24, 2.45) is 0 Å². The topological polar surface area (TPSA) is 66.5 Å². The van der Waals surface area contributed by atoms with Crippen molar-refractivity contribution >= 4 is 55.1 Å². The van der Waals surface area contributed by atoms with Crippen molar-refractivity contribution in [3.8, 4) is 0 Å².